The summed E-state index contributed by atoms with van der Waals surface area (Å²) in [6, 6.07) is 11.6. The van der Waals surface area contributed by atoms with Crippen molar-refractivity contribution in [3.05, 3.63) is 53.9 Å². The van der Waals surface area contributed by atoms with Crippen molar-refractivity contribution < 1.29 is 0 Å². The zero-order valence-electron chi connectivity index (χ0n) is 18.7. The Kier molecular flexibility index (Phi) is 6.91. The molecule has 172 valence electrons. The zero-order chi connectivity index (χ0) is 20.1. The number of halogens is 2. The fourth-order valence-corrected chi connectivity index (χ4v) is 7.50. The zero-order valence-corrected chi connectivity index (χ0v) is 20.3. The van der Waals surface area contributed by atoms with Gasteiger partial charge in [0.05, 0.1) is 5.69 Å². The molecule has 0 amide bonds. The first-order chi connectivity index (χ1) is 14.7. The summed E-state index contributed by atoms with van der Waals surface area (Å²) in [5.41, 5.74) is 13.0. The Labute approximate surface area is 203 Å². The second kappa shape index (κ2) is 9.37. The average molecular weight is 473 g/mol. The molecule has 4 fully saturated rings. The molecule has 0 unspecified atom stereocenters. The van der Waals surface area contributed by atoms with Gasteiger partial charge in [-0.3, -0.25) is 4.98 Å². The van der Waals surface area contributed by atoms with Gasteiger partial charge in [-0.05, 0) is 123 Å². The van der Waals surface area contributed by atoms with E-state index in [9.17, 15) is 0 Å². The van der Waals surface area contributed by atoms with Crippen LogP contribution < -0.4 is 5.73 Å². The Morgan fingerprint density at radius 3 is 2.31 bits per heavy atom. The molecule has 4 aliphatic rings. The number of hydrogen-bond acceptors (Lipinski definition) is 2. The topological polar surface area (TPSA) is 54.7 Å². The molecular formula is C27H35Cl2N3. The van der Waals surface area contributed by atoms with E-state index in [-0.39, 0.29) is 24.8 Å². The number of nitrogens with zero attached hydrogens (tertiary/aromatic N) is 1. The second-order valence-corrected chi connectivity index (χ2v) is 10.4. The van der Waals surface area contributed by atoms with E-state index in [0.717, 1.165) is 43.6 Å². The Balaban J connectivity index is 0.00000122. The fraction of sp³-hybridized carbons (Fsp3) is 0.519. The van der Waals surface area contributed by atoms with Gasteiger partial charge in [-0.15, -0.1) is 24.8 Å². The van der Waals surface area contributed by atoms with Crippen LogP contribution in [-0.2, 0) is 11.8 Å². The van der Waals surface area contributed by atoms with Gasteiger partial charge in [-0.2, -0.15) is 0 Å². The van der Waals surface area contributed by atoms with E-state index in [1.807, 2.05) is 18.5 Å². The summed E-state index contributed by atoms with van der Waals surface area (Å²) in [6.07, 6.45) is 15.9. The van der Waals surface area contributed by atoms with Gasteiger partial charge >= 0.3 is 0 Å². The fourth-order valence-electron chi connectivity index (χ4n) is 7.50. The van der Waals surface area contributed by atoms with Crippen LogP contribution in [0.3, 0.4) is 0 Å². The summed E-state index contributed by atoms with van der Waals surface area (Å²) in [5.74, 6) is 2.94. The summed E-state index contributed by atoms with van der Waals surface area (Å²) in [5, 5.41) is 1.43. The Morgan fingerprint density at radius 2 is 1.69 bits per heavy atom. The van der Waals surface area contributed by atoms with E-state index in [0.29, 0.717) is 5.41 Å². The summed E-state index contributed by atoms with van der Waals surface area (Å²) >= 11 is 0. The minimum atomic E-state index is 0. The highest BCUT2D eigenvalue weighted by Crippen LogP contribution is 2.61. The number of nitrogens with one attached hydrogen (secondary N) is 1. The maximum Gasteiger partial charge on any atom is 0.0512 e. The standard InChI is InChI=1S/C27H33N3.2ClH/c28-8-2-1-5-23-24-13-22(27-14-18-10-19(15-27)12-20(11-18)16-27)6-7-25(24)30-26(23)21-4-3-9-29-17-21;;/h3-4,6-7,9,13,17-20,30H,1-2,5,8,10-12,14-16,28H2;2*1H. The molecule has 3 nitrogen and oxygen atoms in total. The van der Waals surface area contributed by atoms with E-state index in [4.69, 9.17) is 5.73 Å². The first kappa shape index (κ1) is 23.6. The maximum atomic E-state index is 5.81. The molecule has 0 radical (unpaired) electrons. The molecule has 2 heterocycles. The highest BCUT2D eigenvalue weighted by atomic mass is 35.5. The lowest BCUT2D eigenvalue weighted by Crippen LogP contribution is -2.48. The molecule has 3 aromatic rings. The summed E-state index contributed by atoms with van der Waals surface area (Å²) in [6.45, 7) is 0.767. The molecule has 0 atom stereocenters. The van der Waals surface area contributed by atoms with Gasteiger partial charge < -0.3 is 10.7 Å². The molecule has 4 saturated carbocycles. The van der Waals surface area contributed by atoms with Crippen molar-refractivity contribution >= 4 is 35.7 Å². The maximum absolute atomic E-state index is 5.81. The van der Waals surface area contributed by atoms with Crippen molar-refractivity contribution in [3.8, 4) is 11.3 Å². The lowest BCUT2D eigenvalue weighted by atomic mass is 9.48. The van der Waals surface area contributed by atoms with Crippen LogP contribution in [0.15, 0.2) is 42.7 Å². The molecule has 4 bridgehead atoms. The number of H-pyrrole nitrogens is 1. The van der Waals surface area contributed by atoms with Crippen LogP contribution >= 0.6 is 24.8 Å². The van der Waals surface area contributed by atoms with E-state index in [1.165, 1.54) is 66.2 Å². The number of aromatic amines is 1. The molecule has 5 heteroatoms. The molecule has 4 aliphatic carbocycles. The third-order valence-corrected chi connectivity index (χ3v) is 8.39. The minimum absolute atomic E-state index is 0. The number of aryl methyl sites for hydroxylation is 1. The van der Waals surface area contributed by atoms with Gasteiger partial charge in [0, 0.05) is 28.9 Å². The lowest BCUT2D eigenvalue weighted by molar-refractivity contribution is -0.00513. The molecule has 3 N–H and O–H groups in total. The number of aromatic nitrogens is 2. The second-order valence-electron chi connectivity index (χ2n) is 10.4. The van der Waals surface area contributed by atoms with Gasteiger partial charge in [0.25, 0.3) is 0 Å². The third-order valence-electron chi connectivity index (χ3n) is 8.39. The monoisotopic (exact) mass is 471 g/mol. The van der Waals surface area contributed by atoms with Crippen LogP contribution in [0, 0.1) is 17.8 Å². The molecule has 7 rings (SSSR count). The highest BCUT2D eigenvalue weighted by Gasteiger charge is 2.51. The lowest BCUT2D eigenvalue weighted by Gasteiger charge is -2.57. The molecule has 0 aliphatic heterocycles. The average Bonchev–Trinajstić information content (AvgIpc) is 3.12. The van der Waals surface area contributed by atoms with Crippen molar-refractivity contribution in [2.45, 2.75) is 63.2 Å². The van der Waals surface area contributed by atoms with Crippen molar-refractivity contribution in [2.24, 2.45) is 23.5 Å². The molecule has 0 spiro atoms. The van der Waals surface area contributed by atoms with Crippen LogP contribution in [0.5, 0.6) is 0 Å². The smallest absolute Gasteiger partial charge is 0.0512 e. The number of rotatable bonds is 6. The quantitative estimate of drug-likeness (QED) is 0.387. The van der Waals surface area contributed by atoms with Crippen molar-refractivity contribution in [3.63, 3.8) is 0 Å². The van der Waals surface area contributed by atoms with Crippen LogP contribution in [0.2, 0.25) is 0 Å². The highest BCUT2D eigenvalue weighted by molar-refractivity contribution is 5.91. The SMILES string of the molecule is Cl.Cl.NCCCCc1c(-c2cccnc2)[nH]c2ccc(C34CC5CC(CC(C5)C3)C4)cc12. The van der Waals surface area contributed by atoms with Crippen LogP contribution in [-0.4, -0.2) is 16.5 Å². The third kappa shape index (κ3) is 3.97. The molecule has 1 aromatic carbocycles. The van der Waals surface area contributed by atoms with Crippen molar-refractivity contribution in [1.29, 1.82) is 0 Å². The summed E-state index contributed by atoms with van der Waals surface area (Å²) in [7, 11) is 0. The predicted octanol–water partition coefficient (Wildman–Crippen LogP) is 6.82. The van der Waals surface area contributed by atoms with Gasteiger partial charge in [0.1, 0.15) is 0 Å². The summed E-state index contributed by atoms with van der Waals surface area (Å²) < 4.78 is 0. The number of nitrogens with two attached hydrogens (primary N) is 1. The molecule has 2 aromatic heterocycles. The largest absolute Gasteiger partial charge is 0.354 e. The number of pyridine rings is 1. The van der Waals surface area contributed by atoms with E-state index >= 15 is 0 Å². The van der Waals surface area contributed by atoms with E-state index in [2.05, 4.69) is 34.2 Å². The number of unbranched alkanes of at least 4 members (excludes halogenated alkanes) is 1. The summed E-state index contributed by atoms with van der Waals surface area (Å²) in [4.78, 5) is 8.11. The number of hydrogen-bond donors (Lipinski definition) is 2. The van der Waals surface area contributed by atoms with E-state index in [1.54, 1.807) is 5.56 Å². The Morgan fingerprint density at radius 1 is 0.969 bits per heavy atom. The normalized spacial score (nSPS) is 27.8. The van der Waals surface area contributed by atoms with Gasteiger partial charge in [-0.25, -0.2) is 0 Å². The van der Waals surface area contributed by atoms with Crippen molar-refractivity contribution in [2.75, 3.05) is 6.54 Å². The van der Waals surface area contributed by atoms with Crippen LogP contribution in [0.4, 0.5) is 0 Å². The first-order valence-electron chi connectivity index (χ1n) is 12.0. The molecule has 0 saturated heterocycles. The van der Waals surface area contributed by atoms with Gasteiger partial charge in [0.2, 0.25) is 0 Å². The predicted molar refractivity (Wildman–Crippen MR) is 138 cm³/mol. The number of benzene rings is 1. The van der Waals surface area contributed by atoms with E-state index < -0.39 is 0 Å². The molecule has 32 heavy (non-hydrogen) atoms. The van der Waals surface area contributed by atoms with Crippen molar-refractivity contribution in [1.82, 2.24) is 9.97 Å². The Bertz CT molecular complexity index is 1020. The van der Waals surface area contributed by atoms with Crippen LogP contribution in [0.25, 0.3) is 22.2 Å². The number of fused-ring (bicyclic) bond motifs is 1. The Hall–Kier alpha value is -1.55. The molecular weight excluding hydrogens is 437 g/mol. The minimum Gasteiger partial charge on any atom is -0.354 e. The van der Waals surface area contributed by atoms with Gasteiger partial charge in [-0.1, -0.05) is 6.07 Å². The van der Waals surface area contributed by atoms with Gasteiger partial charge in [0.15, 0.2) is 0 Å². The van der Waals surface area contributed by atoms with Crippen LogP contribution in [0.1, 0.15) is 62.5 Å². The first-order valence-corrected chi connectivity index (χ1v) is 12.0.